The molecule has 0 saturated carbocycles. The highest BCUT2D eigenvalue weighted by atomic mass is 16.4. The number of hydrogen-bond acceptors (Lipinski definition) is 4. The third-order valence-electron chi connectivity index (χ3n) is 3.51. The maximum Gasteiger partial charge on any atom is 0.320 e. The second-order valence-electron chi connectivity index (χ2n) is 4.54. The molecule has 0 aliphatic carbocycles. The van der Waals surface area contributed by atoms with Crippen molar-refractivity contribution in [1.82, 2.24) is 10.6 Å². The summed E-state index contributed by atoms with van der Waals surface area (Å²) in [6.07, 6.45) is 2.03. The fraction of sp³-hybridized carbons (Fsp3) is 0.800. The summed E-state index contributed by atoms with van der Waals surface area (Å²) in [7, 11) is 0. The van der Waals surface area contributed by atoms with E-state index >= 15 is 0 Å². The maximum absolute atomic E-state index is 10.8. The first kappa shape index (κ1) is 11.3. The van der Waals surface area contributed by atoms with Crippen LogP contribution in [0.15, 0.2) is 0 Å². The van der Waals surface area contributed by atoms with Crippen LogP contribution < -0.4 is 10.6 Å². The lowest BCUT2D eigenvalue weighted by molar-refractivity contribution is -0.140. The summed E-state index contributed by atoms with van der Waals surface area (Å²) in [6, 6.07) is -0.803. The molecule has 4 N–H and O–H groups in total. The number of carboxylic acid groups (broad SMARTS) is 2. The monoisotopic (exact) mass is 228 g/mol. The largest absolute Gasteiger partial charge is 0.480 e. The van der Waals surface area contributed by atoms with E-state index in [4.69, 9.17) is 10.2 Å². The molecule has 4 atom stereocenters. The summed E-state index contributed by atoms with van der Waals surface area (Å²) >= 11 is 0. The molecular formula is C10H16N2O4. The van der Waals surface area contributed by atoms with Gasteiger partial charge in [-0.15, -0.1) is 0 Å². The zero-order valence-corrected chi connectivity index (χ0v) is 8.85. The molecule has 0 bridgehead atoms. The average Bonchev–Trinajstić information content (AvgIpc) is 2.86. The molecular weight excluding hydrogens is 212 g/mol. The van der Waals surface area contributed by atoms with Gasteiger partial charge in [-0.3, -0.25) is 9.59 Å². The van der Waals surface area contributed by atoms with Gasteiger partial charge in [-0.2, -0.15) is 0 Å². The van der Waals surface area contributed by atoms with Crippen molar-refractivity contribution in [3.8, 4) is 0 Å². The van der Waals surface area contributed by atoms with Gasteiger partial charge in [-0.25, -0.2) is 0 Å². The Morgan fingerprint density at radius 3 is 2.25 bits per heavy atom. The summed E-state index contributed by atoms with van der Waals surface area (Å²) in [4.78, 5) is 21.5. The lowest BCUT2D eigenvalue weighted by Crippen LogP contribution is -2.39. The van der Waals surface area contributed by atoms with Crippen molar-refractivity contribution in [2.75, 3.05) is 6.54 Å². The first-order valence-electron chi connectivity index (χ1n) is 5.53. The predicted octanol–water partition coefficient (Wildman–Crippen LogP) is -0.746. The maximum atomic E-state index is 10.8. The first-order chi connectivity index (χ1) is 7.58. The van der Waals surface area contributed by atoms with Gasteiger partial charge >= 0.3 is 11.9 Å². The minimum absolute atomic E-state index is 0.137. The van der Waals surface area contributed by atoms with Crippen molar-refractivity contribution >= 4 is 11.9 Å². The van der Waals surface area contributed by atoms with Gasteiger partial charge in [0.25, 0.3) is 0 Å². The third kappa shape index (κ3) is 2.17. The van der Waals surface area contributed by atoms with Gasteiger partial charge in [0, 0.05) is 12.6 Å². The Kier molecular flexibility index (Phi) is 3.11. The highest BCUT2D eigenvalue weighted by molar-refractivity contribution is 5.74. The second-order valence-corrected chi connectivity index (χ2v) is 4.54. The van der Waals surface area contributed by atoms with E-state index in [9.17, 15) is 9.59 Å². The molecule has 0 aromatic heterocycles. The number of aliphatic carboxylic acids is 2. The lowest BCUT2D eigenvalue weighted by Gasteiger charge is -2.18. The fourth-order valence-electron chi connectivity index (χ4n) is 2.60. The molecule has 2 aliphatic heterocycles. The zero-order valence-electron chi connectivity index (χ0n) is 8.85. The Hall–Kier alpha value is -1.14. The average molecular weight is 228 g/mol. The quantitative estimate of drug-likeness (QED) is 0.507. The van der Waals surface area contributed by atoms with E-state index in [1.807, 2.05) is 0 Å². The third-order valence-corrected chi connectivity index (χ3v) is 3.51. The molecule has 0 aromatic rings. The predicted molar refractivity (Wildman–Crippen MR) is 55.1 cm³/mol. The molecule has 2 rings (SSSR count). The lowest BCUT2D eigenvalue weighted by atomic mass is 9.95. The van der Waals surface area contributed by atoms with Crippen LogP contribution in [0.1, 0.15) is 19.3 Å². The number of carboxylic acids is 2. The second kappa shape index (κ2) is 4.39. The Morgan fingerprint density at radius 2 is 1.75 bits per heavy atom. The molecule has 0 aromatic carbocycles. The molecule has 2 fully saturated rings. The Morgan fingerprint density at radius 1 is 1.06 bits per heavy atom. The topological polar surface area (TPSA) is 98.7 Å². The van der Waals surface area contributed by atoms with E-state index in [1.165, 1.54) is 0 Å². The first-order valence-corrected chi connectivity index (χ1v) is 5.53. The molecule has 2 aliphatic rings. The molecule has 16 heavy (non-hydrogen) atoms. The van der Waals surface area contributed by atoms with E-state index in [1.54, 1.807) is 0 Å². The minimum Gasteiger partial charge on any atom is -0.480 e. The van der Waals surface area contributed by atoms with Gasteiger partial charge in [0.2, 0.25) is 0 Å². The van der Waals surface area contributed by atoms with Crippen molar-refractivity contribution in [3.05, 3.63) is 0 Å². The highest BCUT2D eigenvalue weighted by Gasteiger charge is 2.38. The molecule has 0 spiro atoms. The van der Waals surface area contributed by atoms with Gasteiger partial charge in [0.15, 0.2) is 0 Å². The standard InChI is InChI=1S/C10H16N2O4/c13-9(14)7-2-1-6(12-7)5-3-8(10(15)16)11-4-5/h5-8,11-12H,1-4H2,(H,13,14)(H,15,16)/t5?,6?,7-,8-/m0/s1. The van der Waals surface area contributed by atoms with Crippen LogP contribution in [0, 0.1) is 5.92 Å². The van der Waals surface area contributed by atoms with Crippen LogP contribution >= 0.6 is 0 Å². The Balaban J connectivity index is 1.87. The van der Waals surface area contributed by atoms with E-state index in [0.717, 1.165) is 6.42 Å². The van der Waals surface area contributed by atoms with Crippen LogP contribution in [0.5, 0.6) is 0 Å². The van der Waals surface area contributed by atoms with Crippen molar-refractivity contribution in [2.24, 2.45) is 5.92 Å². The summed E-state index contributed by atoms with van der Waals surface area (Å²) in [5.74, 6) is -1.41. The van der Waals surface area contributed by atoms with Crippen LogP contribution in [0.25, 0.3) is 0 Å². The van der Waals surface area contributed by atoms with Crippen molar-refractivity contribution in [3.63, 3.8) is 0 Å². The van der Waals surface area contributed by atoms with Crippen LogP contribution in [0.3, 0.4) is 0 Å². The Bertz CT molecular complexity index is 277. The number of hydrogen-bond donors (Lipinski definition) is 4. The van der Waals surface area contributed by atoms with Crippen molar-refractivity contribution in [1.29, 1.82) is 0 Å². The molecule has 2 heterocycles. The van der Waals surface area contributed by atoms with E-state index in [2.05, 4.69) is 10.6 Å². The van der Waals surface area contributed by atoms with Crippen LogP contribution in [-0.4, -0.2) is 46.8 Å². The number of nitrogens with one attached hydrogen (secondary N) is 2. The summed E-state index contributed by atoms with van der Waals surface area (Å²) in [6.45, 7) is 0.654. The molecule has 2 unspecified atom stereocenters. The minimum atomic E-state index is -0.824. The van der Waals surface area contributed by atoms with E-state index in [-0.39, 0.29) is 12.0 Å². The van der Waals surface area contributed by atoms with Crippen molar-refractivity contribution in [2.45, 2.75) is 37.4 Å². The SMILES string of the molecule is O=C(O)[C@@H]1CC(C2CC[C@@H](C(=O)O)N2)CN1. The van der Waals surface area contributed by atoms with Gasteiger partial charge in [-0.05, 0) is 25.2 Å². The Labute approximate surface area is 93.0 Å². The normalized spacial score (nSPS) is 38.8. The van der Waals surface area contributed by atoms with Crippen LogP contribution in [0.2, 0.25) is 0 Å². The highest BCUT2D eigenvalue weighted by Crippen LogP contribution is 2.25. The van der Waals surface area contributed by atoms with Gasteiger partial charge in [0.1, 0.15) is 12.1 Å². The molecule has 6 heteroatoms. The smallest absolute Gasteiger partial charge is 0.320 e. The summed E-state index contributed by atoms with van der Waals surface area (Å²) in [5.41, 5.74) is 0. The molecule has 0 amide bonds. The van der Waals surface area contributed by atoms with E-state index < -0.39 is 24.0 Å². The van der Waals surface area contributed by atoms with Crippen LogP contribution in [-0.2, 0) is 9.59 Å². The van der Waals surface area contributed by atoms with Gasteiger partial charge in [0.05, 0.1) is 0 Å². The molecule has 6 nitrogen and oxygen atoms in total. The van der Waals surface area contributed by atoms with E-state index in [0.29, 0.717) is 19.4 Å². The fourth-order valence-corrected chi connectivity index (χ4v) is 2.60. The number of rotatable bonds is 3. The molecule has 90 valence electrons. The summed E-state index contributed by atoms with van der Waals surface area (Å²) < 4.78 is 0. The van der Waals surface area contributed by atoms with Crippen molar-refractivity contribution < 1.29 is 19.8 Å². The molecule has 0 radical (unpaired) electrons. The molecule has 2 saturated heterocycles. The summed E-state index contributed by atoms with van der Waals surface area (Å²) in [5, 5.41) is 23.7. The number of carbonyl (C=O) groups is 2. The van der Waals surface area contributed by atoms with Gasteiger partial charge < -0.3 is 20.8 Å². The zero-order chi connectivity index (χ0) is 11.7. The van der Waals surface area contributed by atoms with Gasteiger partial charge in [-0.1, -0.05) is 0 Å². The van der Waals surface area contributed by atoms with Crippen LogP contribution in [0.4, 0.5) is 0 Å².